The zero-order valence-electron chi connectivity index (χ0n) is 11.4. The first-order valence-electron chi connectivity index (χ1n) is 7.53. The Kier molecular flexibility index (Phi) is 4.16. The van der Waals surface area contributed by atoms with Gasteiger partial charge in [-0.3, -0.25) is 0 Å². The minimum Gasteiger partial charge on any atom is -0.393 e. The molecule has 3 heteroatoms. The van der Waals surface area contributed by atoms with Gasteiger partial charge in [-0.05, 0) is 55.8 Å². The van der Waals surface area contributed by atoms with Gasteiger partial charge in [0.15, 0.2) is 0 Å². The van der Waals surface area contributed by atoms with Crippen LogP contribution in [0.5, 0.6) is 0 Å². The minimum absolute atomic E-state index is 0.0603. The molecular weight excluding hydrogens is 236 g/mol. The van der Waals surface area contributed by atoms with Gasteiger partial charge in [-0.15, -0.1) is 0 Å². The Morgan fingerprint density at radius 2 is 2.11 bits per heavy atom. The molecule has 0 saturated heterocycles. The second kappa shape index (κ2) is 6.04. The molecule has 1 aromatic carbocycles. The Labute approximate surface area is 115 Å². The molecule has 1 fully saturated rings. The Morgan fingerprint density at radius 3 is 2.95 bits per heavy atom. The Morgan fingerprint density at radius 1 is 1.21 bits per heavy atom. The average molecular weight is 260 g/mol. The van der Waals surface area contributed by atoms with Gasteiger partial charge in [0.25, 0.3) is 0 Å². The summed E-state index contributed by atoms with van der Waals surface area (Å²) in [5.41, 5.74) is 2.87. The fraction of sp³-hybridized carbons (Fsp3) is 0.625. The van der Waals surface area contributed by atoms with Crippen molar-refractivity contribution < 1.29 is 5.11 Å². The lowest BCUT2D eigenvalue weighted by Gasteiger charge is -2.21. The molecule has 2 aliphatic rings. The van der Waals surface area contributed by atoms with Crippen LogP contribution in [0.15, 0.2) is 24.3 Å². The zero-order valence-corrected chi connectivity index (χ0v) is 11.4. The van der Waals surface area contributed by atoms with Crippen LogP contribution in [-0.4, -0.2) is 24.3 Å². The van der Waals surface area contributed by atoms with Crippen molar-refractivity contribution in [1.82, 2.24) is 10.6 Å². The maximum absolute atomic E-state index is 9.60. The van der Waals surface area contributed by atoms with Crippen LogP contribution < -0.4 is 10.6 Å². The molecule has 3 N–H and O–H groups in total. The molecule has 1 aromatic rings. The van der Waals surface area contributed by atoms with Crippen molar-refractivity contribution in [2.24, 2.45) is 5.92 Å². The Balaban J connectivity index is 1.64. The van der Waals surface area contributed by atoms with E-state index >= 15 is 0 Å². The van der Waals surface area contributed by atoms with E-state index < -0.39 is 0 Å². The topological polar surface area (TPSA) is 44.3 Å². The SMILES string of the molecule is OC1CCC(CNC2CCNCc3ccccc32)C1. The highest BCUT2D eigenvalue weighted by molar-refractivity contribution is 5.31. The van der Waals surface area contributed by atoms with Gasteiger partial charge in [0.2, 0.25) is 0 Å². The maximum Gasteiger partial charge on any atom is 0.0543 e. The van der Waals surface area contributed by atoms with Crippen LogP contribution in [-0.2, 0) is 6.54 Å². The van der Waals surface area contributed by atoms with Gasteiger partial charge >= 0.3 is 0 Å². The van der Waals surface area contributed by atoms with Crippen LogP contribution in [0.25, 0.3) is 0 Å². The molecule has 19 heavy (non-hydrogen) atoms. The van der Waals surface area contributed by atoms with E-state index in [9.17, 15) is 5.11 Å². The molecule has 0 amide bonds. The number of hydrogen-bond acceptors (Lipinski definition) is 3. The predicted molar refractivity (Wildman–Crippen MR) is 76.9 cm³/mol. The molecule has 0 spiro atoms. The number of fused-ring (bicyclic) bond motifs is 1. The quantitative estimate of drug-likeness (QED) is 0.778. The highest BCUT2D eigenvalue weighted by Gasteiger charge is 2.24. The fourth-order valence-corrected chi connectivity index (χ4v) is 3.41. The van der Waals surface area contributed by atoms with E-state index in [2.05, 4.69) is 34.9 Å². The van der Waals surface area contributed by atoms with Crippen molar-refractivity contribution in [3.05, 3.63) is 35.4 Å². The number of aliphatic hydroxyl groups excluding tert-OH is 1. The van der Waals surface area contributed by atoms with E-state index in [-0.39, 0.29) is 6.10 Å². The summed E-state index contributed by atoms with van der Waals surface area (Å²) in [6.45, 7) is 3.09. The molecule has 0 bridgehead atoms. The third-order valence-electron chi connectivity index (χ3n) is 4.52. The number of aliphatic hydroxyl groups is 1. The third kappa shape index (κ3) is 3.16. The number of rotatable bonds is 3. The molecule has 3 nitrogen and oxygen atoms in total. The van der Waals surface area contributed by atoms with Crippen LogP contribution in [0, 0.1) is 5.92 Å². The van der Waals surface area contributed by atoms with E-state index in [0.717, 1.165) is 38.9 Å². The van der Waals surface area contributed by atoms with Crippen molar-refractivity contribution in [1.29, 1.82) is 0 Å². The minimum atomic E-state index is -0.0603. The second-order valence-electron chi connectivity index (χ2n) is 5.96. The van der Waals surface area contributed by atoms with Crippen molar-refractivity contribution in [3.8, 4) is 0 Å². The monoisotopic (exact) mass is 260 g/mol. The van der Waals surface area contributed by atoms with Crippen LogP contribution in [0.4, 0.5) is 0 Å². The highest BCUT2D eigenvalue weighted by Crippen LogP contribution is 2.27. The van der Waals surface area contributed by atoms with Gasteiger partial charge in [-0.2, -0.15) is 0 Å². The lowest BCUT2D eigenvalue weighted by atomic mass is 9.98. The summed E-state index contributed by atoms with van der Waals surface area (Å²) < 4.78 is 0. The van der Waals surface area contributed by atoms with Gasteiger partial charge in [0.05, 0.1) is 6.10 Å². The average Bonchev–Trinajstić information content (AvgIpc) is 2.73. The third-order valence-corrected chi connectivity index (χ3v) is 4.52. The first-order valence-corrected chi connectivity index (χ1v) is 7.53. The molecular formula is C16H24N2O. The molecule has 1 aliphatic carbocycles. The van der Waals surface area contributed by atoms with E-state index in [4.69, 9.17) is 0 Å². The molecule has 0 aromatic heterocycles. The van der Waals surface area contributed by atoms with Gasteiger partial charge < -0.3 is 15.7 Å². The molecule has 1 aliphatic heterocycles. The van der Waals surface area contributed by atoms with Gasteiger partial charge in [-0.1, -0.05) is 24.3 Å². The predicted octanol–water partition coefficient (Wildman–Crippen LogP) is 1.97. The molecule has 1 heterocycles. The van der Waals surface area contributed by atoms with E-state index in [1.165, 1.54) is 17.5 Å². The van der Waals surface area contributed by atoms with Crippen LogP contribution >= 0.6 is 0 Å². The standard InChI is InChI=1S/C16H24N2O/c19-14-6-5-12(9-14)10-18-16-7-8-17-11-13-3-1-2-4-15(13)16/h1-4,12,14,16-19H,5-11H2. The normalized spacial score (nSPS) is 30.9. The largest absolute Gasteiger partial charge is 0.393 e. The highest BCUT2D eigenvalue weighted by atomic mass is 16.3. The Hall–Kier alpha value is -0.900. The number of hydrogen-bond donors (Lipinski definition) is 3. The fourth-order valence-electron chi connectivity index (χ4n) is 3.41. The lowest BCUT2D eigenvalue weighted by Crippen LogP contribution is -2.28. The molecule has 3 atom stereocenters. The van der Waals surface area contributed by atoms with Gasteiger partial charge in [-0.25, -0.2) is 0 Å². The number of benzene rings is 1. The van der Waals surface area contributed by atoms with Crippen molar-refractivity contribution in [3.63, 3.8) is 0 Å². The summed E-state index contributed by atoms with van der Waals surface area (Å²) in [7, 11) is 0. The van der Waals surface area contributed by atoms with Gasteiger partial charge in [0, 0.05) is 12.6 Å². The summed E-state index contributed by atoms with van der Waals surface area (Å²) in [4.78, 5) is 0. The summed E-state index contributed by atoms with van der Waals surface area (Å²) >= 11 is 0. The Bertz CT molecular complexity index is 421. The lowest BCUT2D eigenvalue weighted by molar-refractivity contribution is 0.177. The first kappa shape index (κ1) is 13.1. The van der Waals surface area contributed by atoms with Gasteiger partial charge in [0.1, 0.15) is 0 Å². The first-order chi connectivity index (χ1) is 9.33. The molecule has 104 valence electrons. The van der Waals surface area contributed by atoms with Crippen molar-refractivity contribution in [2.45, 2.75) is 44.4 Å². The molecule has 3 unspecified atom stereocenters. The van der Waals surface area contributed by atoms with Crippen molar-refractivity contribution >= 4 is 0 Å². The van der Waals surface area contributed by atoms with E-state index in [1.807, 2.05) is 0 Å². The maximum atomic E-state index is 9.60. The molecule has 3 rings (SSSR count). The van der Waals surface area contributed by atoms with E-state index in [1.54, 1.807) is 0 Å². The van der Waals surface area contributed by atoms with Crippen LogP contribution in [0.3, 0.4) is 0 Å². The summed E-state index contributed by atoms with van der Waals surface area (Å²) in [5, 5.41) is 16.8. The van der Waals surface area contributed by atoms with Crippen molar-refractivity contribution in [2.75, 3.05) is 13.1 Å². The second-order valence-corrected chi connectivity index (χ2v) is 5.96. The summed E-state index contributed by atoms with van der Waals surface area (Å²) in [6.07, 6.45) is 4.21. The molecule has 1 saturated carbocycles. The molecule has 0 radical (unpaired) electrons. The summed E-state index contributed by atoms with van der Waals surface area (Å²) in [6, 6.07) is 9.20. The van der Waals surface area contributed by atoms with E-state index in [0.29, 0.717) is 12.0 Å². The van der Waals surface area contributed by atoms with Crippen LogP contribution in [0.1, 0.15) is 42.9 Å². The smallest absolute Gasteiger partial charge is 0.0543 e. The zero-order chi connectivity index (χ0) is 13.1. The number of nitrogens with one attached hydrogen (secondary N) is 2. The summed E-state index contributed by atoms with van der Waals surface area (Å²) in [5.74, 6) is 0.651. The van der Waals surface area contributed by atoms with Crippen LogP contribution in [0.2, 0.25) is 0 Å².